The average molecular weight is 837 g/mol. The summed E-state index contributed by atoms with van der Waals surface area (Å²) in [5.41, 5.74) is 3.37. The van der Waals surface area contributed by atoms with Gasteiger partial charge in [0, 0.05) is 33.5 Å². The quantitative estimate of drug-likeness (QED) is 0.179. The van der Waals surface area contributed by atoms with Gasteiger partial charge in [-0.15, -0.1) is 0 Å². The van der Waals surface area contributed by atoms with Crippen LogP contribution in [0.5, 0.6) is 11.5 Å². The third-order valence-electron chi connectivity index (χ3n) is 12.0. The first-order valence-electron chi connectivity index (χ1n) is 21.7. The summed E-state index contributed by atoms with van der Waals surface area (Å²) in [6, 6.07) is 18.4. The van der Waals surface area contributed by atoms with E-state index in [9.17, 15) is 33.9 Å². The molecule has 0 radical (unpaired) electrons. The van der Waals surface area contributed by atoms with Crippen LogP contribution < -0.4 is 26.0 Å². The van der Waals surface area contributed by atoms with Gasteiger partial charge in [0.05, 0.1) is 12.6 Å². The van der Waals surface area contributed by atoms with E-state index in [-0.39, 0.29) is 49.4 Å². The maximum atomic E-state index is 14.9. The van der Waals surface area contributed by atoms with Crippen LogP contribution in [0.3, 0.4) is 0 Å². The van der Waals surface area contributed by atoms with Crippen LogP contribution in [0.25, 0.3) is 0 Å². The van der Waals surface area contributed by atoms with Gasteiger partial charge in [0.25, 0.3) is 5.91 Å². The number of aliphatic hydroxyl groups is 1. The predicted octanol–water partition coefficient (Wildman–Crippen LogP) is 4.23. The number of benzene rings is 3. The molecule has 0 spiro atoms. The Bertz CT molecular complexity index is 2020. The average Bonchev–Trinajstić information content (AvgIpc) is 3.27. The van der Waals surface area contributed by atoms with Gasteiger partial charge in [-0.3, -0.25) is 28.8 Å². The van der Waals surface area contributed by atoms with Gasteiger partial charge in [0.15, 0.2) is 6.10 Å². The molecule has 5 N–H and O–H groups in total. The fraction of sp³-hybridized carbons (Fsp3) is 0.489. The van der Waals surface area contributed by atoms with Crippen molar-refractivity contribution in [2.24, 2.45) is 5.92 Å². The molecule has 0 aromatic heterocycles. The molecule has 14 heteroatoms. The smallest absolute Gasteiger partial charge is 0.251 e. The van der Waals surface area contributed by atoms with Crippen LogP contribution in [0.15, 0.2) is 72.8 Å². The van der Waals surface area contributed by atoms with Crippen LogP contribution in [0.2, 0.25) is 0 Å². The number of rotatable bonds is 12. The molecule has 1 saturated carbocycles. The number of hydrogen-bond acceptors (Lipinski definition) is 8. The maximum absolute atomic E-state index is 14.9. The second-order valence-electron chi connectivity index (χ2n) is 16.7. The van der Waals surface area contributed by atoms with Crippen molar-refractivity contribution in [2.75, 3.05) is 20.6 Å². The summed E-state index contributed by atoms with van der Waals surface area (Å²) in [5.74, 6) is -1.81. The molecular formula is C47H60N6O8. The Hall–Kier alpha value is -5.76. The third-order valence-corrected chi connectivity index (χ3v) is 12.0. The van der Waals surface area contributed by atoms with Crippen molar-refractivity contribution in [3.63, 3.8) is 0 Å². The van der Waals surface area contributed by atoms with Crippen LogP contribution in [-0.4, -0.2) is 95.2 Å². The van der Waals surface area contributed by atoms with Crippen molar-refractivity contribution in [3.05, 3.63) is 95.1 Å². The Balaban J connectivity index is 1.21. The summed E-state index contributed by atoms with van der Waals surface area (Å²) in [5, 5.41) is 22.5. The highest BCUT2D eigenvalue weighted by atomic mass is 16.5. The molecule has 1 fully saturated rings. The van der Waals surface area contributed by atoms with Crippen LogP contribution in [0.1, 0.15) is 99.4 Å². The normalized spacial score (nSPS) is 19.9. The highest BCUT2D eigenvalue weighted by Crippen LogP contribution is 2.33. The Kier molecular flexibility index (Phi) is 15.5. The summed E-state index contributed by atoms with van der Waals surface area (Å²) in [7, 11) is 3.15. The topological polar surface area (TPSA) is 186 Å². The van der Waals surface area contributed by atoms with E-state index in [0.29, 0.717) is 29.9 Å². The number of fused-ring (bicyclic) bond motifs is 9. The van der Waals surface area contributed by atoms with Crippen molar-refractivity contribution in [1.29, 1.82) is 0 Å². The van der Waals surface area contributed by atoms with E-state index in [1.54, 1.807) is 44.4 Å². The summed E-state index contributed by atoms with van der Waals surface area (Å²) >= 11 is 0. The fourth-order valence-corrected chi connectivity index (χ4v) is 8.59. The summed E-state index contributed by atoms with van der Waals surface area (Å²) in [4.78, 5) is 85.2. The summed E-state index contributed by atoms with van der Waals surface area (Å²) in [6.45, 7) is 1.40. The molecule has 5 bridgehead atoms. The Morgan fingerprint density at radius 2 is 1.57 bits per heavy atom. The molecule has 326 valence electrons. The minimum Gasteiger partial charge on any atom is -0.457 e. The number of ether oxygens (including phenoxy) is 1. The Labute approximate surface area is 358 Å². The van der Waals surface area contributed by atoms with E-state index in [4.69, 9.17) is 4.74 Å². The second-order valence-corrected chi connectivity index (χ2v) is 16.7. The van der Waals surface area contributed by atoms with Gasteiger partial charge in [-0.25, -0.2) is 0 Å². The zero-order valence-corrected chi connectivity index (χ0v) is 35.5. The van der Waals surface area contributed by atoms with E-state index >= 15 is 0 Å². The fourth-order valence-electron chi connectivity index (χ4n) is 8.59. The van der Waals surface area contributed by atoms with Gasteiger partial charge in [0.2, 0.25) is 29.5 Å². The zero-order chi connectivity index (χ0) is 43.5. The van der Waals surface area contributed by atoms with Crippen molar-refractivity contribution < 1.29 is 38.6 Å². The Morgan fingerprint density at radius 1 is 0.869 bits per heavy atom. The standard InChI is InChI=1S/C47H60N6O8/c1-4-13-37(43(56)45(58)48-28-40(55)51-41(46(59)52(2)3)31-15-7-5-8-16-31)49-44(57)38-27-33-22-25-36-26-34(33)29-53(38)47(60)42(32-17-9-6-10-18-32)50-39(54)19-12-11-14-30-20-23-35(61-36)24-21-30/h5,7-8,15-16,20-26,32,37-38,41-43,56H,4,6,9-14,17-19,27-29H2,1-3H3,(H,48,58)(H,49,57)(H,50,54)(H,51,55)/t37?,38-,41-,42-,43?/m0/s1. The van der Waals surface area contributed by atoms with E-state index in [1.165, 1.54) is 9.80 Å². The number of hydrogen-bond donors (Lipinski definition) is 5. The monoisotopic (exact) mass is 836 g/mol. The number of amides is 6. The largest absolute Gasteiger partial charge is 0.457 e. The van der Waals surface area contributed by atoms with E-state index in [2.05, 4.69) is 21.3 Å². The molecule has 6 amide bonds. The molecule has 3 aliphatic heterocycles. The number of nitrogens with zero attached hydrogens (tertiary/aromatic N) is 2. The number of likely N-dealkylation sites (N-methyl/N-ethyl adjacent to an activating group) is 1. The lowest BCUT2D eigenvalue weighted by molar-refractivity contribution is -0.147. The molecule has 4 aliphatic rings. The van der Waals surface area contributed by atoms with Crippen LogP contribution in [0.4, 0.5) is 0 Å². The molecule has 2 unspecified atom stereocenters. The van der Waals surface area contributed by atoms with Crippen molar-refractivity contribution in [1.82, 2.24) is 31.1 Å². The highest BCUT2D eigenvalue weighted by Gasteiger charge is 2.42. The van der Waals surface area contributed by atoms with Gasteiger partial charge >= 0.3 is 0 Å². The number of aryl methyl sites for hydroxylation is 1. The van der Waals surface area contributed by atoms with E-state index in [1.807, 2.05) is 49.4 Å². The first kappa shape index (κ1) is 44.8. The molecule has 0 saturated heterocycles. The molecular weight excluding hydrogens is 777 g/mol. The lowest BCUT2D eigenvalue weighted by Crippen LogP contribution is -2.61. The first-order chi connectivity index (χ1) is 29.4. The zero-order valence-electron chi connectivity index (χ0n) is 35.5. The second kappa shape index (κ2) is 21.2. The minimum absolute atomic E-state index is 0.0817. The molecule has 3 aromatic rings. The predicted molar refractivity (Wildman–Crippen MR) is 229 cm³/mol. The molecule has 7 rings (SSSR count). The lowest BCUT2D eigenvalue weighted by atomic mass is 9.82. The van der Waals surface area contributed by atoms with Gasteiger partial charge in [-0.2, -0.15) is 0 Å². The SMILES string of the molecule is CCCC(NC(=O)[C@@H]1Cc2ccc3cc2CN1C(=O)[C@H](C1CCCCC1)NC(=O)CCCCc1ccc(cc1)O3)C(O)C(=O)NCC(=O)N[C@H](C(=O)N(C)C)c1ccccc1. The molecule has 61 heavy (non-hydrogen) atoms. The van der Waals surface area contributed by atoms with E-state index in [0.717, 1.165) is 61.6 Å². The van der Waals surface area contributed by atoms with Crippen molar-refractivity contribution >= 4 is 35.4 Å². The van der Waals surface area contributed by atoms with Gasteiger partial charge in [-0.05, 0) is 91.0 Å². The highest BCUT2D eigenvalue weighted by molar-refractivity contribution is 5.94. The van der Waals surface area contributed by atoms with Crippen molar-refractivity contribution in [2.45, 2.75) is 121 Å². The molecule has 1 aliphatic carbocycles. The summed E-state index contributed by atoms with van der Waals surface area (Å²) in [6.07, 6.45) is 6.18. The van der Waals surface area contributed by atoms with Crippen LogP contribution >= 0.6 is 0 Å². The number of carbonyl (C=O) groups excluding carboxylic acids is 6. The number of aliphatic hydroxyl groups excluding tert-OH is 1. The van der Waals surface area contributed by atoms with Crippen LogP contribution in [-0.2, 0) is 48.2 Å². The number of nitrogens with one attached hydrogen (secondary N) is 4. The maximum Gasteiger partial charge on any atom is 0.251 e. The van der Waals surface area contributed by atoms with Gasteiger partial charge in [0.1, 0.15) is 29.6 Å². The van der Waals surface area contributed by atoms with Gasteiger partial charge < -0.3 is 40.9 Å². The van der Waals surface area contributed by atoms with E-state index < -0.39 is 54.5 Å². The molecule has 5 atom stereocenters. The molecule has 3 aromatic carbocycles. The minimum atomic E-state index is -1.74. The summed E-state index contributed by atoms with van der Waals surface area (Å²) < 4.78 is 6.24. The number of carbonyl (C=O) groups is 6. The first-order valence-corrected chi connectivity index (χ1v) is 21.7. The Morgan fingerprint density at radius 3 is 2.28 bits per heavy atom. The lowest BCUT2D eigenvalue weighted by Gasteiger charge is -2.41. The third kappa shape index (κ3) is 11.7. The van der Waals surface area contributed by atoms with Crippen LogP contribution in [0, 0.1) is 5.92 Å². The molecule has 14 nitrogen and oxygen atoms in total. The molecule has 3 heterocycles. The van der Waals surface area contributed by atoms with Gasteiger partial charge in [-0.1, -0.05) is 81.1 Å². The van der Waals surface area contributed by atoms with Crippen molar-refractivity contribution in [3.8, 4) is 11.5 Å².